The van der Waals surface area contributed by atoms with E-state index in [1.807, 2.05) is 14.0 Å². The topological polar surface area (TPSA) is 24.9 Å². The second-order valence-corrected chi connectivity index (χ2v) is 5.61. The van der Waals surface area contributed by atoms with Crippen LogP contribution in [0.25, 0.3) is 10.6 Å². The summed E-state index contributed by atoms with van der Waals surface area (Å²) < 4.78 is 0. The minimum absolute atomic E-state index is 0.630. The fraction of sp³-hybridized carbons (Fsp3) is 0.400. The highest BCUT2D eigenvalue weighted by atomic mass is 32.1. The van der Waals surface area contributed by atoms with Crippen LogP contribution >= 0.6 is 11.3 Å². The lowest BCUT2D eigenvalue weighted by molar-refractivity contribution is 0.734. The van der Waals surface area contributed by atoms with Gasteiger partial charge in [-0.15, -0.1) is 0 Å². The van der Waals surface area contributed by atoms with Crippen molar-refractivity contribution in [1.29, 1.82) is 0 Å². The van der Waals surface area contributed by atoms with Crippen molar-refractivity contribution >= 4 is 16.3 Å². The zero-order valence-corrected chi connectivity index (χ0v) is 12.3. The highest BCUT2D eigenvalue weighted by Gasteiger charge is 2.09. The number of nitrogens with one attached hydrogen (secondary N) is 1. The van der Waals surface area contributed by atoms with Gasteiger partial charge in [-0.2, -0.15) is 0 Å². The summed E-state index contributed by atoms with van der Waals surface area (Å²) in [7, 11) is 1.94. The number of aryl methyl sites for hydroxylation is 1. The van der Waals surface area contributed by atoms with E-state index in [9.17, 15) is 0 Å². The molecule has 3 heteroatoms. The Balaban J connectivity index is 2.28. The Kier molecular flexibility index (Phi) is 4.02. The largest absolute Gasteiger partial charge is 0.378 e. The lowest BCUT2D eigenvalue weighted by atomic mass is 9.98. The minimum atomic E-state index is 0.630. The molecule has 0 fully saturated rings. The van der Waals surface area contributed by atoms with E-state index in [2.05, 4.69) is 48.4 Å². The third-order valence-electron chi connectivity index (χ3n) is 3.36. The lowest BCUT2D eigenvalue weighted by Gasteiger charge is -2.08. The number of anilines is 1. The van der Waals surface area contributed by atoms with Gasteiger partial charge in [-0.1, -0.05) is 49.4 Å². The number of benzene rings is 1. The van der Waals surface area contributed by atoms with Crippen LogP contribution < -0.4 is 5.32 Å². The van der Waals surface area contributed by atoms with E-state index in [4.69, 9.17) is 0 Å². The lowest BCUT2D eigenvalue weighted by Crippen LogP contribution is -1.90. The Hall–Kier alpha value is -1.35. The molecule has 0 aliphatic heterocycles. The Morgan fingerprint density at radius 2 is 1.94 bits per heavy atom. The second kappa shape index (κ2) is 5.53. The van der Waals surface area contributed by atoms with E-state index >= 15 is 0 Å². The molecule has 0 saturated heterocycles. The maximum atomic E-state index is 4.60. The van der Waals surface area contributed by atoms with E-state index in [0.717, 1.165) is 15.7 Å². The molecule has 1 unspecified atom stereocenters. The van der Waals surface area contributed by atoms with E-state index in [0.29, 0.717) is 5.92 Å². The molecule has 18 heavy (non-hydrogen) atoms. The maximum absolute atomic E-state index is 4.60. The molecule has 2 aromatic rings. The minimum Gasteiger partial charge on any atom is -0.378 e. The molecule has 1 aromatic heterocycles. The summed E-state index contributed by atoms with van der Waals surface area (Å²) in [6.07, 6.45) is 1.18. The summed E-state index contributed by atoms with van der Waals surface area (Å²) in [5.41, 5.74) is 3.68. The highest BCUT2D eigenvalue weighted by Crippen LogP contribution is 2.32. The number of rotatable bonds is 4. The summed E-state index contributed by atoms with van der Waals surface area (Å²) in [5, 5.41) is 5.42. The first-order valence-electron chi connectivity index (χ1n) is 6.41. The Morgan fingerprint density at radius 3 is 2.44 bits per heavy atom. The van der Waals surface area contributed by atoms with Gasteiger partial charge in [0.2, 0.25) is 0 Å². The van der Waals surface area contributed by atoms with Crippen LogP contribution in [0.3, 0.4) is 0 Å². The van der Waals surface area contributed by atoms with Gasteiger partial charge < -0.3 is 5.32 Å². The van der Waals surface area contributed by atoms with Crippen molar-refractivity contribution in [2.24, 2.45) is 0 Å². The van der Waals surface area contributed by atoms with Crippen LogP contribution in [0.5, 0.6) is 0 Å². The van der Waals surface area contributed by atoms with Crippen molar-refractivity contribution in [3.8, 4) is 10.6 Å². The third-order valence-corrected chi connectivity index (χ3v) is 4.59. The van der Waals surface area contributed by atoms with Crippen LogP contribution in [0.4, 0.5) is 5.00 Å². The molecule has 0 aliphatic rings. The Bertz CT molecular complexity index is 514. The van der Waals surface area contributed by atoms with Crippen molar-refractivity contribution in [1.82, 2.24) is 4.98 Å². The molecule has 2 rings (SSSR count). The van der Waals surface area contributed by atoms with Gasteiger partial charge in [0.15, 0.2) is 0 Å². The second-order valence-electron chi connectivity index (χ2n) is 4.61. The molecule has 0 spiro atoms. The van der Waals surface area contributed by atoms with Crippen LogP contribution in [-0.2, 0) is 0 Å². The van der Waals surface area contributed by atoms with Gasteiger partial charge in [0.25, 0.3) is 0 Å². The molecule has 1 atom stereocenters. The monoisotopic (exact) mass is 260 g/mol. The maximum Gasteiger partial charge on any atom is 0.125 e. The Morgan fingerprint density at radius 1 is 1.28 bits per heavy atom. The van der Waals surface area contributed by atoms with Gasteiger partial charge >= 0.3 is 0 Å². The molecule has 1 aromatic carbocycles. The summed E-state index contributed by atoms with van der Waals surface area (Å²) in [6, 6.07) is 8.80. The van der Waals surface area contributed by atoms with E-state index in [1.54, 1.807) is 11.3 Å². The molecule has 0 bridgehead atoms. The standard InChI is InChI=1S/C15H20N2S/c1-5-10(2)12-6-8-13(9-7-12)15-17-11(3)14(16-4)18-15/h6-10,16H,5H2,1-4H3. The first kappa shape index (κ1) is 13.1. The van der Waals surface area contributed by atoms with Gasteiger partial charge in [0.1, 0.15) is 10.0 Å². The normalized spacial score (nSPS) is 12.4. The predicted octanol–water partition coefficient (Wildman–Crippen LogP) is 4.67. The van der Waals surface area contributed by atoms with Gasteiger partial charge in [-0.25, -0.2) is 4.98 Å². The number of aromatic nitrogens is 1. The van der Waals surface area contributed by atoms with Crippen LogP contribution in [0.1, 0.15) is 37.4 Å². The summed E-state index contributed by atoms with van der Waals surface area (Å²) in [4.78, 5) is 4.60. The fourth-order valence-electron chi connectivity index (χ4n) is 1.94. The number of hydrogen-bond donors (Lipinski definition) is 1. The average molecular weight is 260 g/mol. The zero-order chi connectivity index (χ0) is 13.1. The first-order valence-corrected chi connectivity index (χ1v) is 7.22. The quantitative estimate of drug-likeness (QED) is 0.863. The molecular formula is C15H20N2S. The summed E-state index contributed by atoms with van der Waals surface area (Å²) >= 11 is 1.71. The average Bonchev–Trinajstić information content (AvgIpc) is 2.79. The van der Waals surface area contributed by atoms with E-state index < -0.39 is 0 Å². The van der Waals surface area contributed by atoms with Crippen molar-refractivity contribution in [2.75, 3.05) is 12.4 Å². The molecular weight excluding hydrogens is 240 g/mol. The number of thiazole rings is 1. The number of hydrogen-bond acceptors (Lipinski definition) is 3. The molecule has 96 valence electrons. The molecule has 0 amide bonds. The Labute approximate surface area is 113 Å². The highest BCUT2D eigenvalue weighted by molar-refractivity contribution is 7.19. The van der Waals surface area contributed by atoms with Gasteiger partial charge in [-0.05, 0) is 24.8 Å². The number of nitrogens with zero attached hydrogens (tertiary/aromatic N) is 1. The molecule has 0 saturated carbocycles. The third kappa shape index (κ3) is 2.56. The fourth-order valence-corrected chi connectivity index (χ4v) is 2.87. The molecule has 2 nitrogen and oxygen atoms in total. The van der Waals surface area contributed by atoms with E-state index in [1.165, 1.54) is 17.5 Å². The van der Waals surface area contributed by atoms with Crippen molar-refractivity contribution in [2.45, 2.75) is 33.1 Å². The van der Waals surface area contributed by atoms with E-state index in [-0.39, 0.29) is 0 Å². The van der Waals surface area contributed by atoms with Crippen molar-refractivity contribution < 1.29 is 0 Å². The van der Waals surface area contributed by atoms with Crippen LogP contribution in [0, 0.1) is 6.92 Å². The molecule has 1 heterocycles. The van der Waals surface area contributed by atoms with Gasteiger partial charge in [-0.3, -0.25) is 0 Å². The van der Waals surface area contributed by atoms with Crippen LogP contribution in [-0.4, -0.2) is 12.0 Å². The molecule has 1 N–H and O–H groups in total. The van der Waals surface area contributed by atoms with Crippen molar-refractivity contribution in [3.05, 3.63) is 35.5 Å². The smallest absolute Gasteiger partial charge is 0.125 e. The van der Waals surface area contributed by atoms with Gasteiger partial charge in [0.05, 0.1) is 5.69 Å². The zero-order valence-electron chi connectivity index (χ0n) is 11.4. The van der Waals surface area contributed by atoms with Crippen molar-refractivity contribution in [3.63, 3.8) is 0 Å². The summed E-state index contributed by atoms with van der Waals surface area (Å²) in [5.74, 6) is 0.630. The van der Waals surface area contributed by atoms with Crippen LogP contribution in [0.15, 0.2) is 24.3 Å². The predicted molar refractivity (Wildman–Crippen MR) is 80.5 cm³/mol. The molecule has 0 aliphatic carbocycles. The molecule has 0 radical (unpaired) electrons. The SMILES string of the molecule is CCC(C)c1ccc(-c2nc(C)c(NC)s2)cc1. The summed E-state index contributed by atoms with van der Waals surface area (Å²) in [6.45, 7) is 6.53. The van der Waals surface area contributed by atoms with Gasteiger partial charge in [0, 0.05) is 12.6 Å². The first-order chi connectivity index (χ1) is 8.65. The van der Waals surface area contributed by atoms with Crippen LogP contribution in [0.2, 0.25) is 0 Å².